The molecule has 0 amide bonds. The lowest BCUT2D eigenvalue weighted by molar-refractivity contribution is 0.599. The van der Waals surface area contributed by atoms with Crippen LogP contribution in [0.1, 0.15) is 31.2 Å². The van der Waals surface area contributed by atoms with Crippen LogP contribution in [0.4, 0.5) is 0 Å². The van der Waals surface area contributed by atoms with Gasteiger partial charge in [-0.3, -0.25) is 0 Å². The molecule has 18 heavy (non-hydrogen) atoms. The van der Waals surface area contributed by atoms with Gasteiger partial charge in [0.1, 0.15) is 0 Å². The zero-order valence-corrected chi connectivity index (χ0v) is 12.9. The molecule has 0 saturated heterocycles. The predicted octanol–water partition coefficient (Wildman–Crippen LogP) is 5.75. The first-order chi connectivity index (χ1) is 8.41. The summed E-state index contributed by atoms with van der Waals surface area (Å²) in [7, 11) is 0. The molecule has 0 nitrogen and oxygen atoms in total. The van der Waals surface area contributed by atoms with Crippen LogP contribution >= 0.6 is 23.6 Å². The Morgan fingerprint density at radius 2 is 1.67 bits per heavy atom. The van der Waals surface area contributed by atoms with Crippen LogP contribution in [0.5, 0.6) is 0 Å². The van der Waals surface area contributed by atoms with E-state index < -0.39 is 0 Å². The van der Waals surface area contributed by atoms with E-state index in [1.54, 1.807) is 0 Å². The Morgan fingerprint density at radius 1 is 1.06 bits per heavy atom. The van der Waals surface area contributed by atoms with E-state index in [9.17, 15) is 0 Å². The smallest absolute Gasteiger partial charge is 0.0503 e. The lowest BCUT2D eigenvalue weighted by Crippen LogP contribution is -2.11. The Hall–Kier alpha value is -0.990. The van der Waals surface area contributed by atoms with Gasteiger partial charge in [0, 0.05) is 15.8 Å². The molecule has 2 aromatic rings. The van der Waals surface area contributed by atoms with Gasteiger partial charge < -0.3 is 0 Å². The molecular formula is C16H18S2. The second-order valence-electron chi connectivity index (χ2n) is 5.55. The van der Waals surface area contributed by atoms with Crippen molar-refractivity contribution in [2.75, 3.05) is 0 Å². The van der Waals surface area contributed by atoms with Crippen LogP contribution in [0.25, 0.3) is 11.1 Å². The maximum atomic E-state index is 5.64. The molecule has 0 unspecified atom stereocenters. The minimum Gasteiger partial charge on any atom is -0.147 e. The van der Waals surface area contributed by atoms with Crippen molar-refractivity contribution < 1.29 is 0 Å². The van der Waals surface area contributed by atoms with Gasteiger partial charge in [0.15, 0.2) is 0 Å². The summed E-state index contributed by atoms with van der Waals surface area (Å²) in [5, 5.41) is 2.20. The largest absolute Gasteiger partial charge is 0.147 e. The fourth-order valence-electron chi connectivity index (χ4n) is 2.12. The third kappa shape index (κ3) is 2.55. The van der Waals surface area contributed by atoms with Crippen molar-refractivity contribution in [2.45, 2.75) is 33.1 Å². The van der Waals surface area contributed by atoms with Crippen molar-refractivity contribution in [3.8, 4) is 11.1 Å². The first-order valence-corrected chi connectivity index (χ1v) is 7.38. The van der Waals surface area contributed by atoms with Crippen LogP contribution in [0.3, 0.4) is 0 Å². The van der Waals surface area contributed by atoms with E-state index in [4.69, 9.17) is 12.2 Å². The predicted molar refractivity (Wildman–Crippen MR) is 84.0 cm³/mol. The highest BCUT2D eigenvalue weighted by Gasteiger charge is 2.19. The summed E-state index contributed by atoms with van der Waals surface area (Å²) in [6, 6.07) is 10.4. The van der Waals surface area contributed by atoms with Gasteiger partial charge in [-0.25, -0.2) is 0 Å². The Labute approximate surface area is 118 Å². The molecule has 94 valence electrons. The van der Waals surface area contributed by atoms with Crippen LogP contribution < -0.4 is 0 Å². The molecule has 2 heteroatoms. The minimum atomic E-state index is 0.164. The number of hydrogen-bond acceptors (Lipinski definition) is 2. The normalized spacial score (nSPS) is 11.6. The lowest BCUT2D eigenvalue weighted by Gasteiger charge is -2.21. The van der Waals surface area contributed by atoms with Crippen molar-refractivity contribution in [2.24, 2.45) is 0 Å². The first kappa shape index (κ1) is 13.4. The fourth-order valence-corrected chi connectivity index (χ4v) is 3.66. The standard InChI is InChI=1S/C16H18S2/c1-11-14(17)13(12-8-6-5-7-9-12)10-18-15(11)16(2,3)4/h5-10H,1-4H3. The molecule has 0 N–H and O–H groups in total. The molecule has 0 aliphatic rings. The molecule has 1 aromatic carbocycles. The molecular weight excluding hydrogens is 256 g/mol. The van der Waals surface area contributed by atoms with Gasteiger partial charge in [-0.1, -0.05) is 63.3 Å². The second-order valence-corrected chi connectivity index (χ2v) is 6.84. The summed E-state index contributed by atoms with van der Waals surface area (Å²) in [5.41, 5.74) is 3.81. The summed E-state index contributed by atoms with van der Waals surface area (Å²) in [5.74, 6) is 0. The topological polar surface area (TPSA) is 0 Å². The SMILES string of the molecule is Cc1c(C(C)(C)C)scc(-c2ccccc2)c1=S. The van der Waals surface area contributed by atoms with E-state index in [1.165, 1.54) is 21.6 Å². The Bertz CT molecular complexity index is 601. The Kier molecular flexibility index (Phi) is 3.69. The van der Waals surface area contributed by atoms with E-state index in [0.29, 0.717) is 0 Å². The molecule has 1 aromatic heterocycles. The van der Waals surface area contributed by atoms with Gasteiger partial charge in [-0.15, -0.1) is 11.3 Å². The van der Waals surface area contributed by atoms with E-state index in [1.807, 2.05) is 17.4 Å². The van der Waals surface area contributed by atoms with Crippen LogP contribution in [-0.2, 0) is 5.41 Å². The average molecular weight is 274 g/mol. The molecule has 0 fully saturated rings. The Balaban J connectivity index is 2.62. The molecule has 2 rings (SSSR count). The number of hydrogen-bond donors (Lipinski definition) is 0. The van der Waals surface area contributed by atoms with E-state index in [0.717, 1.165) is 4.51 Å². The molecule has 1 heterocycles. The third-order valence-corrected chi connectivity index (χ3v) is 5.02. The molecule has 0 bridgehead atoms. The molecule has 0 saturated carbocycles. The first-order valence-electron chi connectivity index (χ1n) is 6.09. The fraction of sp³-hybridized carbons (Fsp3) is 0.312. The van der Waals surface area contributed by atoms with Crippen molar-refractivity contribution in [3.63, 3.8) is 0 Å². The molecule has 0 aliphatic carbocycles. The monoisotopic (exact) mass is 274 g/mol. The number of rotatable bonds is 1. The second kappa shape index (κ2) is 4.94. The van der Waals surface area contributed by atoms with Gasteiger partial charge in [-0.2, -0.15) is 0 Å². The van der Waals surface area contributed by atoms with Crippen molar-refractivity contribution in [3.05, 3.63) is 50.7 Å². The third-order valence-electron chi connectivity index (χ3n) is 2.99. The van der Waals surface area contributed by atoms with E-state index in [-0.39, 0.29) is 5.41 Å². The maximum absolute atomic E-state index is 5.64. The number of benzene rings is 1. The average Bonchev–Trinajstić information content (AvgIpc) is 2.32. The molecule has 0 radical (unpaired) electrons. The zero-order valence-electron chi connectivity index (χ0n) is 11.3. The van der Waals surface area contributed by atoms with Crippen molar-refractivity contribution in [1.82, 2.24) is 0 Å². The van der Waals surface area contributed by atoms with Crippen LogP contribution in [-0.4, -0.2) is 0 Å². The molecule has 0 aliphatic heterocycles. The summed E-state index contributed by atoms with van der Waals surface area (Å²) in [6.07, 6.45) is 0. The van der Waals surface area contributed by atoms with Gasteiger partial charge in [0.05, 0.1) is 4.51 Å². The van der Waals surface area contributed by atoms with E-state index in [2.05, 4.69) is 57.3 Å². The highest BCUT2D eigenvalue weighted by molar-refractivity contribution is 7.71. The maximum Gasteiger partial charge on any atom is 0.0503 e. The van der Waals surface area contributed by atoms with Gasteiger partial charge >= 0.3 is 0 Å². The minimum absolute atomic E-state index is 0.164. The molecule has 0 atom stereocenters. The summed E-state index contributed by atoms with van der Waals surface area (Å²) >= 11 is 7.45. The van der Waals surface area contributed by atoms with Crippen molar-refractivity contribution in [1.29, 1.82) is 0 Å². The summed E-state index contributed by atoms with van der Waals surface area (Å²) in [4.78, 5) is 1.38. The Morgan fingerprint density at radius 3 is 2.22 bits per heavy atom. The van der Waals surface area contributed by atoms with Crippen molar-refractivity contribution >= 4 is 23.6 Å². The zero-order chi connectivity index (χ0) is 13.3. The highest BCUT2D eigenvalue weighted by atomic mass is 32.1. The van der Waals surface area contributed by atoms with Crippen LogP contribution in [0, 0.1) is 11.4 Å². The highest BCUT2D eigenvalue weighted by Crippen LogP contribution is 2.34. The van der Waals surface area contributed by atoms with Gasteiger partial charge in [-0.05, 0) is 23.5 Å². The summed E-state index contributed by atoms with van der Waals surface area (Å²) in [6.45, 7) is 8.86. The lowest BCUT2D eigenvalue weighted by atomic mass is 9.91. The van der Waals surface area contributed by atoms with E-state index >= 15 is 0 Å². The van der Waals surface area contributed by atoms with Gasteiger partial charge in [0.25, 0.3) is 0 Å². The summed E-state index contributed by atoms with van der Waals surface area (Å²) < 4.78 is 0.991. The van der Waals surface area contributed by atoms with Gasteiger partial charge in [0.2, 0.25) is 0 Å². The van der Waals surface area contributed by atoms with Crippen LogP contribution in [0.15, 0.2) is 35.7 Å². The quantitative estimate of drug-likeness (QED) is 0.597. The molecule has 0 spiro atoms. The van der Waals surface area contributed by atoms with Crippen LogP contribution in [0.2, 0.25) is 0 Å².